The Kier molecular flexibility index (Phi) is 5.71. The van der Waals surface area contributed by atoms with Crippen molar-refractivity contribution in [3.63, 3.8) is 0 Å². The van der Waals surface area contributed by atoms with Gasteiger partial charge in [0.1, 0.15) is 17.1 Å². The number of likely N-dealkylation sites (tertiary alicyclic amines) is 1. The molecule has 0 unspecified atom stereocenters. The van der Waals surface area contributed by atoms with Crippen LogP contribution in [0.3, 0.4) is 0 Å². The van der Waals surface area contributed by atoms with E-state index in [-0.39, 0.29) is 17.8 Å². The van der Waals surface area contributed by atoms with E-state index < -0.39 is 0 Å². The molecule has 0 aliphatic carbocycles. The Labute approximate surface area is 168 Å². The lowest BCUT2D eigenvalue weighted by molar-refractivity contribution is -0.117. The molecule has 4 rings (SSSR count). The summed E-state index contributed by atoms with van der Waals surface area (Å²) < 4.78 is 20.6. The number of ether oxygens (including phenoxy) is 1. The van der Waals surface area contributed by atoms with Gasteiger partial charge in [-0.2, -0.15) is 0 Å². The maximum Gasteiger partial charge on any atom is 0.238 e. The van der Waals surface area contributed by atoms with Gasteiger partial charge in [0, 0.05) is 24.8 Å². The van der Waals surface area contributed by atoms with Crippen molar-refractivity contribution in [1.82, 2.24) is 19.9 Å². The fourth-order valence-electron chi connectivity index (χ4n) is 3.71. The molecule has 0 spiro atoms. The summed E-state index contributed by atoms with van der Waals surface area (Å²) in [5.41, 5.74) is 2.18. The first-order valence-corrected chi connectivity index (χ1v) is 9.88. The topological polar surface area (TPSA) is 72.3 Å². The third kappa shape index (κ3) is 4.54. The second kappa shape index (κ2) is 8.57. The molecule has 2 heterocycles. The van der Waals surface area contributed by atoms with Gasteiger partial charge in [0.05, 0.1) is 24.7 Å². The summed E-state index contributed by atoms with van der Waals surface area (Å²) in [5.74, 6) is 0.447. The largest absolute Gasteiger partial charge is 0.494 e. The van der Waals surface area contributed by atoms with Gasteiger partial charge in [-0.15, -0.1) is 5.10 Å². The predicted octanol–water partition coefficient (Wildman–Crippen LogP) is 3.24. The standard InChI is InChI=1S/C21H24FN5O2/c1-2-29-18-6-4-16(5-7-18)23-21(28)14-26-11-9-17(10-12-26)27-20-8-3-15(22)13-19(20)24-25-27/h3-8,13,17H,2,9-12,14H2,1H3,(H,23,28). The maximum absolute atomic E-state index is 13.3. The predicted molar refractivity (Wildman–Crippen MR) is 108 cm³/mol. The number of amides is 1. The summed E-state index contributed by atoms with van der Waals surface area (Å²) in [4.78, 5) is 14.5. The van der Waals surface area contributed by atoms with E-state index in [2.05, 4.69) is 20.5 Å². The molecule has 1 fully saturated rings. The number of rotatable bonds is 6. The van der Waals surface area contributed by atoms with Gasteiger partial charge >= 0.3 is 0 Å². The maximum atomic E-state index is 13.3. The highest BCUT2D eigenvalue weighted by atomic mass is 19.1. The van der Waals surface area contributed by atoms with Crippen LogP contribution in [0.2, 0.25) is 0 Å². The molecular weight excluding hydrogens is 373 g/mol. The number of carbonyl (C=O) groups excluding carboxylic acids is 1. The van der Waals surface area contributed by atoms with E-state index in [1.54, 1.807) is 6.07 Å². The van der Waals surface area contributed by atoms with Crippen molar-refractivity contribution in [3.8, 4) is 5.75 Å². The third-order valence-electron chi connectivity index (χ3n) is 5.15. The van der Waals surface area contributed by atoms with Crippen molar-refractivity contribution >= 4 is 22.6 Å². The van der Waals surface area contributed by atoms with E-state index in [9.17, 15) is 9.18 Å². The van der Waals surface area contributed by atoms with Crippen LogP contribution in [0.5, 0.6) is 5.75 Å². The smallest absolute Gasteiger partial charge is 0.238 e. The molecule has 2 aromatic carbocycles. The molecule has 0 saturated carbocycles. The van der Waals surface area contributed by atoms with Crippen molar-refractivity contribution in [2.24, 2.45) is 0 Å². The van der Waals surface area contributed by atoms with E-state index in [1.165, 1.54) is 12.1 Å². The van der Waals surface area contributed by atoms with Crippen LogP contribution in [0.15, 0.2) is 42.5 Å². The summed E-state index contributed by atoms with van der Waals surface area (Å²) >= 11 is 0. The highest BCUT2D eigenvalue weighted by Crippen LogP contribution is 2.25. The van der Waals surface area contributed by atoms with Crippen LogP contribution >= 0.6 is 0 Å². The molecule has 1 aliphatic rings. The second-order valence-corrected chi connectivity index (χ2v) is 7.18. The fourth-order valence-corrected chi connectivity index (χ4v) is 3.71. The van der Waals surface area contributed by atoms with Gasteiger partial charge in [0.15, 0.2) is 0 Å². The van der Waals surface area contributed by atoms with E-state index in [0.29, 0.717) is 18.7 Å². The van der Waals surface area contributed by atoms with Crippen LogP contribution in [0.1, 0.15) is 25.8 Å². The number of aromatic nitrogens is 3. The Morgan fingerprint density at radius 2 is 1.97 bits per heavy atom. The molecule has 152 valence electrons. The molecular formula is C21H24FN5O2. The number of hydrogen-bond acceptors (Lipinski definition) is 5. The Balaban J connectivity index is 1.29. The van der Waals surface area contributed by atoms with Gasteiger partial charge in [0.25, 0.3) is 0 Å². The molecule has 1 saturated heterocycles. The van der Waals surface area contributed by atoms with Gasteiger partial charge in [0.2, 0.25) is 5.91 Å². The lowest BCUT2D eigenvalue weighted by Gasteiger charge is -2.31. The minimum atomic E-state index is -0.307. The van der Waals surface area contributed by atoms with E-state index in [0.717, 1.165) is 42.9 Å². The molecule has 7 nitrogen and oxygen atoms in total. The average molecular weight is 397 g/mol. The normalized spacial score (nSPS) is 15.5. The van der Waals surface area contributed by atoms with E-state index in [1.807, 2.05) is 35.9 Å². The average Bonchev–Trinajstić information content (AvgIpc) is 3.13. The summed E-state index contributed by atoms with van der Waals surface area (Å²) in [7, 11) is 0. The molecule has 1 N–H and O–H groups in total. The number of piperidine rings is 1. The highest BCUT2D eigenvalue weighted by molar-refractivity contribution is 5.92. The third-order valence-corrected chi connectivity index (χ3v) is 5.15. The number of carbonyl (C=O) groups is 1. The first-order chi connectivity index (χ1) is 14.1. The quantitative estimate of drug-likeness (QED) is 0.691. The SMILES string of the molecule is CCOc1ccc(NC(=O)CN2CCC(n3nnc4cc(F)ccc43)CC2)cc1. The van der Waals surface area contributed by atoms with Gasteiger partial charge in [-0.1, -0.05) is 5.21 Å². The van der Waals surface area contributed by atoms with Crippen molar-refractivity contribution in [1.29, 1.82) is 0 Å². The zero-order chi connectivity index (χ0) is 20.2. The zero-order valence-corrected chi connectivity index (χ0v) is 16.3. The van der Waals surface area contributed by atoms with Gasteiger partial charge in [-0.25, -0.2) is 9.07 Å². The van der Waals surface area contributed by atoms with Crippen LogP contribution in [0, 0.1) is 5.82 Å². The Morgan fingerprint density at radius 3 is 2.69 bits per heavy atom. The van der Waals surface area contributed by atoms with Crippen molar-refractivity contribution in [2.75, 3.05) is 31.6 Å². The summed E-state index contributed by atoms with van der Waals surface area (Å²) in [5, 5.41) is 11.2. The van der Waals surface area contributed by atoms with Crippen molar-refractivity contribution < 1.29 is 13.9 Å². The van der Waals surface area contributed by atoms with Crippen molar-refractivity contribution in [3.05, 3.63) is 48.3 Å². The van der Waals surface area contributed by atoms with E-state index in [4.69, 9.17) is 4.74 Å². The van der Waals surface area contributed by atoms with Crippen LogP contribution in [0.4, 0.5) is 10.1 Å². The minimum Gasteiger partial charge on any atom is -0.494 e. The van der Waals surface area contributed by atoms with Crippen molar-refractivity contribution in [2.45, 2.75) is 25.8 Å². The van der Waals surface area contributed by atoms with Crippen LogP contribution in [-0.2, 0) is 4.79 Å². The van der Waals surface area contributed by atoms with Gasteiger partial charge in [-0.05, 0) is 56.2 Å². The molecule has 0 atom stereocenters. The number of nitrogens with zero attached hydrogens (tertiary/aromatic N) is 4. The number of nitrogens with one attached hydrogen (secondary N) is 1. The first kappa shape index (κ1) is 19.3. The Bertz CT molecular complexity index is 980. The summed E-state index contributed by atoms with van der Waals surface area (Å²) in [6.45, 7) is 4.49. The molecule has 1 amide bonds. The van der Waals surface area contributed by atoms with Crippen LogP contribution < -0.4 is 10.1 Å². The van der Waals surface area contributed by atoms with Gasteiger partial charge < -0.3 is 10.1 Å². The lowest BCUT2D eigenvalue weighted by Crippen LogP contribution is -2.39. The minimum absolute atomic E-state index is 0.0331. The first-order valence-electron chi connectivity index (χ1n) is 9.88. The summed E-state index contributed by atoms with van der Waals surface area (Å²) in [6, 6.07) is 12.1. The zero-order valence-electron chi connectivity index (χ0n) is 16.3. The molecule has 0 bridgehead atoms. The molecule has 1 aromatic heterocycles. The molecule has 0 radical (unpaired) electrons. The second-order valence-electron chi connectivity index (χ2n) is 7.18. The summed E-state index contributed by atoms with van der Waals surface area (Å²) in [6.07, 6.45) is 1.73. The van der Waals surface area contributed by atoms with Crippen LogP contribution in [0.25, 0.3) is 11.0 Å². The number of benzene rings is 2. The Morgan fingerprint density at radius 1 is 1.21 bits per heavy atom. The van der Waals surface area contributed by atoms with Crippen LogP contribution in [-0.4, -0.2) is 52.0 Å². The lowest BCUT2D eigenvalue weighted by atomic mass is 10.0. The highest BCUT2D eigenvalue weighted by Gasteiger charge is 2.24. The van der Waals surface area contributed by atoms with E-state index >= 15 is 0 Å². The molecule has 8 heteroatoms. The van der Waals surface area contributed by atoms with Gasteiger partial charge in [-0.3, -0.25) is 9.69 Å². The number of halogens is 1. The number of hydrogen-bond donors (Lipinski definition) is 1. The fraction of sp³-hybridized carbons (Fsp3) is 0.381. The molecule has 3 aromatic rings. The number of anilines is 1. The molecule has 1 aliphatic heterocycles. The monoisotopic (exact) mass is 397 g/mol. The molecule has 29 heavy (non-hydrogen) atoms. The Hall–Kier alpha value is -3.00. The number of fused-ring (bicyclic) bond motifs is 1.